The average molecular weight is 350 g/mol. The minimum Gasteiger partial charge on any atom is -0.463 e. The quantitative estimate of drug-likeness (QED) is 0.283. The Balaban J connectivity index is 3.05. The van der Waals surface area contributed by atoms with Crippen LogP contribution < -0.4 is 0 Å². The first-order valence-corrected chi connectivity index (χ1v) is 8.26. The summed E-state index contributed by atoms with van der Waals surface area (Å²) in [6, 6.07) is 0. The van der Waals surface area contributed by atoms with Crippen molar-refractivity contribution in [2.75, 3.05) is 66.1 Å². The smallest absolute Gasteiger partial charge is 0.305 e. The standard InChI is InChI=1S/C16H30O8/c1-3-4-16(18)24-14-12-22-10-8-20-6-5-19-7-9-21-11-13-23-15(2)17/h3-14H2,1-2H3. The average Bonchev–Trinajstić information content (AvgIpc) is 2.54. The van der Waals surface area contributed by atoms with Crippen LogP contribution >= 0.6 is 0 Å². The van der Waals surface area contributed by atoms with Gasteiger partial charge in [-0.25, -0.2) is 0 Å². The molecule has 0 aromatic rings. The lowest BCUT2D eigenvalue weighted by atomic mass is 10.3. The second-order valence-corrected chi connectivity index (χ2v) is 4.76. The number of esters is 2. The SMILES string of the molecule is CCCC(=O)OCCOCCOCCOCCOCCOC(C)=O. The van der Waals surface area contributed by atoms with E-state index in [4.69, 9.17) is 28.4 Å². The predicted octanol–water partition coefficient (Wildman–Crippen LogP) is 0.959. The fourth-order valence-corrected chi connectivity index (χ4v) is 1.50. The summed E-state index contributed by atoms with van der Waals surface area (Å²) in [5.74, 6) is -0.502. The van der Waals surface area contributed by atoms with Crippen molar-refractivity contribution in [3.8, 4) is 0 Å². The zero-order valence-corrected chi connectivity index (χ0v) is 14.8. The van der Waals surface area contributed by atoms with Crippen LogP contribution in [0, 0.1) is 0 Å². The summed E-state index contributed by atoms with van der Waals surface area (Å²) in [6.07, 6.45) is 1.23. The molecule has 0 aromatic carbocycles. The van der Waals surface area contributed by atoms with E-state index >= 15 is 0 Å². The highest BCUT2D eigenvalue weighted by atomic mass is 16.6. The molecule has 0 saturated carbocycles. The van der Waals surface area contributed by atoms with Gasteiger partial charge < -0.3 is 28.4 Å². The van der Waals surface area contributed by atoms with Crippen molar-refractivity contribution >= 4 is 11.9 Å². The Hall–Kier alpha value is -1.22. The van der Waals surface area contributed by atoms with Gasteiger partial charge in [0, 0.05) is 13.3 Å². The van der Waals surface area contributed by atoms with Crippen molar-refractivity contribution < 1.29 is 38.0 Å². The van der Waals surface area contributed by atoms with Crippen LogP contribution in [0.5, 0.6) is 0 Å². The second kappa shape index (κ2) is 18.1. The number of carbonyl (C=O) groups excluding carboxylic acids is 2. The van der Waals surface area contributed by atoms with E-state index in [9.17, 15) is 9.59 Å². The molecule has 0 aliphatic heterocycles. The molecule has 0 rings (SSSR count). The van der Waals surface area contributed by atoms with Gasteiger partial charge in [-0.05, 0) is 6.42 Å². The highest BCUT2D eigenvalue weighted by molar-refractivity contribution is 5.69. The van der Waals surface area contributed by atoms with Gasteiger partial charge in [0.05, 0.1) is 52.9 Å². The highest BCUT2D eigenvalue weighted by Crippen LogP contribution is 1.91. The van der Waals surface area contributed by atoms with Gasteiger partial charge in [0.2, 0.25) is 0 Å². The molecule has 0 heterocycles. The van der Waals surface area contributed by atoms with Crippen LogP contribution in [0.4, 0.5) is 0 Å². The normalized spacial score (nSPS) is 10.6. The van der Waals surface area contributed by atoms with Crippen molar-refractivity contribution in [2.45, 2.75) is 26.7 Å². The Morgan fingerprint density at radius 1 is 0.625 bits per heavy atom. The van der Waals surface area contributed by atoms with E-state index in [1.54, 1.807) is 0 Å². The summed E-state index contributed by atoms with van der Waals surface area (Å²) in [5, 5.41) is 0. The highest BCUT2D eigenvalue weighted by Gasteiger charge is 1.99. The molecular weight excluding hydrogens is 320 g/mol. The van der Waals surface area contributed by atoms with Gasteiger partial charge in [-0.1, -0.05) is 6.92 Å². The van der Waals surface area contributed by atoms with Crippen LogP contribution in [-0.2, 0) is 38.0 Å². The first kappa shape index (κ1) is 22.8. The molecule has 0 N–H and O–H groups in total. The van der Waals surface area contributed by atoms with E-state index < -0.39 is 0 Å². The first-order valence-electron chi connectivity index (χ1n) is 8.26. The van der Waals surface area contributed by atoms with Gasteiger partial charge in [-0.15, -0.1) is 0 Å². The molecule has 0 aromatic heterocycles. The van der Waals surface area contributed by atoms with Gasteiger partial charge in [-0.3, -0.25) is 9.59 Å². The Morgan fingerprint density at radius 3 is 1.38 bits per heavy atom. The van der Waals surface area contributed by atoms with E-state index in [0.29, 0.717) is 59.3 Å². The molecular formula is C16H30O8. The molecule has 0 amide bonds. The Bertz CT molecular complexity index is 308. The molecule has 0 unspecified atom stereocenters. The molecule has 0 atom stereocenters. The molecule has 0 aliphatic rings. The van der Waals surface area contributed by atoms with Crippen molar-refractivity contribution in [1.82, 2.24) is 0 Å². The monoisotopic (exact) mass is 350 g/mol. The third-order valence-corrected chi connectivity index (χ3v) is 2.59. The number of rotatable bonds is 17. The third kappa shape index (κ3) is 18.8. The number of hydrogen-bond acceptors (Lipinski definition) is 8. The first-order chi connectivity index (χ1) is 11.7. The molecule has 24 heavy (non-hydrogen) atoms. The Morgan fingerprint density at radius 2 is 1.00 bits per heavy atom. The van der Waals surface area contributed by atoms with Crippen LogP contribution in [0.25, 0.3) is 0 Å². The van der Waals surface area contributed by atoms with Gasteiger partial charge >= 0.3 is 11.9 Å². The zero-order chi connectivity index (χ0) is 17.9. The number of hydrogen-bond donors (Lipinski definition) is 0. The molecule has 142 valence electrons. The molecule has 0 radical (unpaired) electrons. The van der Waals surface area contributed by atoms with Crippen molar-refractivity contribution in [2.24, 2.45) is 0 Å². The summed E-state index contributed by atoms with van der Waals surface area (Å²) in [6.45, 7) is 7.33. The topological polar surface area (TPSA) is 89.5 Å². The van der Waals surface area contributed by atoms with Crippen molar-refractivity contribution in [3.63, 3.8) is 0 Å². The largest absolute Gasteiger partial charge is 0.463 e. The Kier molecular flexibility index (Phi) is 17.2. The van der Waals surface area contributed by atoms with Crippen LogP contribution in [0.15, 0.2) is 0 Å². The molecule has 8 nitrogen and oxygen atoms in total. The molecule has 0 aliphatic carbocycles. The summed E-state index contributed by atoms with van der Waals surface area (Å²) in [5.41, 5.74) is 0. The van der Waals surface area contributed by atoms with Gasteiger partial charge in [0.25, 0.3) is 0 Å². The molecule has 0 bridgehead atoms. The van der Waals surface area contributed by atoms with Crippen LogP contribution in [0.1, 0.15) is 26.7 Å². The lowest BCUT2D eigenvalue weighted by molar-refractivity contribution is -0.145. The summed E-state index contributed by atoms with van der Waals surface area (Å²) in [4.78, 5) is 21.5. The molecule has 0 spiro atoms. The van der Waals surface area contributed by atoms with Gasteiger partial charge in [-0.2, -0.15) is 0 Å². The minimum absolute atomic E-state index is 0.190. The summed E-state index contributed by atoms with van der Waals surface area (Å²) < 4.78 is 30.7. The van der Waals surface area contributed by atoms with E-state index in [-0.39, 0.29) is 25.2 Å². The molecule has 8 heteroatoms. The lowest BCUT2D eigenvalue weighted by Crippen LogP contribution is -2.15. The van der Waals surface area contributed by atoms with Crippen molar-refractivity contribution in [3.05, 3.63) is 0 Å². The predicted molar refractivity (Wildman–Crippen MR) is 85.8 cm³/mol. The second-order valence-electron chi connectivity index (χ2n) is 4.76. The fraction of sp³-hybridized carbons (Fsp3) is 0.875. The number of ether oxygens (including phenoxy) is 6. The lowest BCUT2D eigenvalue weighted by Gasteiger charge is -2.08. The maximum absolute atomic E-state index is 11.1. The minimum atomic E-state index is -0.312. The Labute approximate surface area is 143 Å². The summed E-state index contributed by atoms with van der Waals surface area (Å²) in [7, 11) is 0. The summed E-state index contributed by atoms with van der Waals surface area (Å²) >= 11 is 0. The third-order valence-electron chi connectivity index (χ3n) is 2.59. The van der Waals surface area contributed by atoms with Crippen LogP contribution in [-0.4, -0.2) is 78.0 Å². The van der Waals surface area contributed by atoms with E-state index in [1.807, 2.05) is 6.92 Å². The zero-order valence-electron chi connectivity index (χ0n) is 14.8. The molecule has 0 fully saturated rings. The van der Waals surface area contributed by atoms with Gasteiger partial charge in [0.1, 0.15) is 13.2 Å². The maximum atomic E-state index is 11.1. The van der Waals surface area contributed by atoms with Crippen LogP contribution in [0.2, 0.25) is 0 Å². The molecule has 0 saturated heterocycles. The van der Waals surface area contributed by atoms with E-state index in [0.717, 1.165) is 6.42 Å². The fourth-order valence-electron chi connectivity index (χ4n) is 1.50. The van der Waals surface area contributed by atoms with Gasteiger partial charge in [0.15, 0.2) is 0 Å². The number of carbonyl (C=O) groups is 2. The van der Waals surface area contributed by atoms with E-state index in [1.165, 1.54) is 6.92 Å². The maximum Gasteiger partial charge on any atom is 0.305 e. The van der Waals surface area contributed by atoms with E-state index in [2.05, 4.69) is 0 Å². The van der Waals surface area contributed by atoms with Crippen LogP contribution in [0.3, 0.4) is 0 Å². The van der Waals surface area contributed by atoms with Crippen molar-refractivity contribution in [1.29, 1.82) is 0 Å².